The summed E-state index contributed by atoms with van der Waals surface area (Å²) in [5.74, 6) is 1.95. The van der Waals surface area contributed by atoms with Gasteiger partial charge in [-0.1, -0.05) is 5.16 Å². The average Bonchev–Trinajstić information content (AvgIpc) is 2.95. The molecule has 3 N–H and O–H groups in total. The number of nitrogen functional groups attached to an aromatic ring is 1. The molecule has 3 heterocycles. The molecular weight excluding hydrogens is 230 g/mol. The summed E-state index contributed by atoms with van der Waals surface area (Å²) in [5, 5.41) is 4.90. The molecular formula is C12H11N5O. The molecule has 0 saturated heterocycles. The van der Waals surface area contributed by atoms with Gasteiger partial charge in [-0.2, -0.15) is 0 Å². The Morgan fingerprint density at radius 2 is 2.22 bits per heavy atom. The van der Waals surface area contributed by atoms with Crippen LogP contribution in [-0.4, -0.2) is 20.1 Å². The Morgan fingerprint density at radius 1 is 1.33 bits per heavy atom. The van der Waals surface area contributed by atoms with E-state index in [0.717, 1.165) is 22.4 Å². The number of nitrogens with one attached hydrogen (secondary N) is 1. The van der Waals surface area contributed by atoms with Crippen LogP contribution in [0.1, 0.15) is 24.5 Å². The van der Waals surface area contributed by atoms with E-state index in [4.69, 9.17) is 10.3 Å². The van der Waals surface area contributed by atoms with Gasteiger partial charge in [0, 0.05) is 23.7 Å². The van der Waals surface area contributed by atoms with Crippen molar-refractivity contribution in [3.8, 4) is 11.3 Å². The second-order valence-electron chi connectivity index (χ2n) is 4.57. The molecule has 90 valence electrons. The summed E-state index contributed by atoms with van der Waals surface area (Å²) in [7, 11) is 0. The summed E-state index contributed by atoms with van der Waals surface area (Å²) in [6.45, 7) is 0. The largest absolute Gasteiger partial charge is 0.383 e. The first-order valence-electron chi connectivity index (χ1n) is 5.87. The third kappa shape index (κ3) is 1.32. The lowest BCUT2D eigenvalue weighted by atomic mass is 10.1. The fourth-order valence-electron chi connectivity index (χ4n) is 2.17. The molecule has 6 nitrogen and oxygen atoms in total. The summed E-state index contributed by atoms with van der Waals surface area (Å²) in [5.41, 5.74) is 8.27. The van der Waals surface area contributed by atoms with Gasteiger partial charge in [-0.25, -0.2) is 9.97 Å². The number of aromatic amines is 1. The van der Waals surface area contributed by atoms with Crippen LogP contribution >= 0.6 is 0 Å². The van der Waals surface area contributed by atoms with Crippen molar-refractivity contribution < 1.29 is 4.52 Å². The van der Waals surface area contributed by atoms with Crippen LogP contribution in [0.3, 0.4) is 0 Å². The smallest absolute Gasteiger partial charge is 0.143 e. The highest BCUT2D eigenvalue weighted by atomic mass is 16.5. The van der Waals surface area contributed by atoms with Crippen LogP contribution in [-0.2, 0) is 0 Å². The van der Waals surface area contributed by atoms with Crippen LogP contribution in [0.5, 0.6) is 0 Å². The van der Waals surface area contributed by atoms with Gasteiger partial charge in [0.2, 0.25) is 0 Å². The minimum Gasteiger partial charge on any atom is -0.383 e. The van der Waals surface area contributed by atoms with E-state index < -0.39 is 0 Å². The van der Waals surface area contributed by atoms with Crippen molar-refractivity contribution in [3.63, 3.8) is 0 Å². The summed E-state index contributed by atoms with van der Waals surface area (Å²) < 4.78 is 5.36. The number of H-pyrrole nitrogens is 1. The number of nitrogens with zero attached hydrogens (tertiary/aromatic N) is 3. The Balaban J connectivity index is 1.90. The zero-order valence-electron chi connectivity index (χ0n) is 9.55. The number of fused-ring (bicyclic) bond motifs is 1. The number of aromatic nitrogens is 4. The van der Waals surface area contributed by atoms with Crippen LogP contribution in [0.25, 0.3) is 22.3 Å². The standard InChI is InChI=1S/C12H11N5O/c13-11-10-7(4-14-12(10)16-5-15-11)8-3-9(18-17-8)6-1-2-6/h3-6H,1-2H2,(H3,13,14,15,16). The normalized spacial score (nSPS) is 15.3. The zero-order valence-corrected chi connectivity index (χ0v) is 9.55. The Hall–Kier alpha value is -2.37. The van der Waals surface area contributed by atoms with E-state index in [2.05, 4.69) is 20.1 Å². The predicted octanol–water partition coefficient (Wildman–Crippen LogP) is 2.07. The third-order valence-electron chi connectivity index (χ3n) is 3.28. The topological polar surface area (TPSA) is 93.6 Å². The minimum atomic E-state index is 0.451. The Kier molecular flexibility index (Phi) is 1.78. The second-order valence-corrected chi connectivity index (χ2v) is 4.57. The highest BCUT2D eigenvalue weighted by Crippen LogP contribution is 2.41. The monoisotopic (exact) mass is 241 g/mol. The molecule has 18 heavy (non-hydrogen) atoms. The number of hydrogen-bond acceptors (Lipinski definition) is 5. The fourth-order valence-corrected chi connectivity index (χ4v) is 2.17. The molecule has 0 aromatic carbocycles. The summed E-state index contributed by atoms with van der Waals surface area (Å²) in [6.07, 6.45) is 5.65. The van der Waals surface area contributed by atoms with Gasteiger partial charge in [-0.15, -0.1) is 0 Å². The SMILES string of the molecule is Nc1ncnc2[nH]cc(-c3cc(C4CC4)on3)c12. The quantitative estimate of drug-likeness (QED) is 0.716. The minimum absolute atomic E-state index is 0.451. The van der Waals surface area contributed by atoms with E-state index in [-0.39, 0.29) is 0 Å². The molecule has 0 aliphatic heterocycles. The molecule has 0 spiro atoms. The lowest BCUT2D eigenvalue weighted by Gasteiger charge is -1.96. The van der Waals surface area contributed by atoms with Crippen molar-refractivity contribution in [1.82, 2.24) is 20.1 Å². The second kappa shape index (κ2) is 3.32. The van der Waals surface area contributed by atoms with E-state index in [0.29, 0.717) is 17.4 Å². The molecule has 0 amide bonds. The van der Waals surface area contributed by atoms with Crippen molar-refractivity contribution in [2.75, 3.05) is 5.73 Å². The molecule has 4 rings (SSSR count). The van der Waals surface area contributed by atoms with E-state index in [1.54, 1.807) is 0 Å². The van der Waals surface area contributed by atoms with Gasteiger partial charge in [0.25, 0.3) is 0 Å². The van der Waals surface area contributed by atoms with Crippen LogP contribution in [0.2, 0.25) is 0 Å². The average molecular weight is 241 g/mol. The maximum absolute atomic E-state index is 5.89. The zero-order chi connectivity index (χ0) is 12.1. The van der Waals surface area contributed by atoms with Gasteiger partial charge >= 0.3 is 0 Å². The Morgan fingerprint density at radius 3 is 3.06 bits per heavy atom. The Bertz CT molecular complexity index is 725. The summed E-state index contributed by atoms with van der Waals surface area (Å²) >= 11 is 0. The van der Waals surface area contributed by atoms with E-state index in [9.17, 15) is 0 Å². The molecule has 1 aliphatic rings. The van der Waals surface area contributed by atoms with Gasteiger partial charge in [-0.3, -0.25) is 0 Å². The molecule has 0 atom stereocenters. The Labute approximate surface area is 102 Å². The molecule has 3 aromatic rings. The van der Waals surface area contributed by atoms with Gasteiger partial charge in [0.15, 0.2) is 0 Å². The fraction of sp³-hybridized carbons (Fsp3) is 0.250. The summed E-state index contributed by atoms with van der Waals surface area (Å²) in [4.78, 5) is 11.2. The highest BCUT2D eigenvalue weighted by molar-refractivity contribution is 5.99. The van der Waals surface area contributed by atoms with Gasteiger partial charge in [0.1, 0.15) is 29.2 Å². The van der Waals surface area contributed by atoms with Crippen molar-refractivity contribution in [1.29, 1.82) is 0 Å². The van der Waals surface area contributed by atoms with Crippen LogP contribution in [0.15, 0.2) is 23.1 Å². The van der Waals surface area contributed by atoms with Gasteiger partial charge < -0.3 is 15.2 Å². The number of rotatable bonds is 2. The lowest BCUT2D eigenvalue weighted by Crippen LogP contribution is -1.92. The molecule has 0 bridgehead atoms. The summed E-state index contributed by atoms with van der Waals surface area (Å²) in [6, 6.07) is 1.98. The van der Waals surface area contributed by atoms with E-state index >= 15 is 0 Å². The number of anilines is 1. The first-order valence-corrected chi connectivity index (χ1v) is 5.87. The van der Waals surface area contributed by atoms with E-state index in [1.165, 1.54) is 19.2 Å². The van der Waals surface area contributed by atoms with Gasteiger partial charge in [0.05, 0.1) is 5.39 Å². The maximum Gasteiger partial charge on any atom is 0.143 e. The third-order valence-corrected chi connectivity index (χ3v) is 3.28. The van der Waals surface area contributed by atoms with Crippen molar-refractivity contribution >= 4 is 16.9 Å². The molecule has 3 aromatic heterocycles. The van der Waals surface area contributed by atoms with Crippen LogP contribution in [0.4, 0.5) is 5.82 Å². The molecule has 1 fully saturated rings. The maximum atomic E-state index is 5.89. The number of nitrogens with two attached hydrogens (primary N) is 1. The van der Waals surface area contributed by atoms with E-state index in [1.807, 2.05) is 12.3 Å². The number of hydrogen-bond donors (Lipinski definition) is 2. The van der Waals surface area contributed by atoms with Crippen molar-refractivity contribution in [2.45, 2.75) is 18.8 Å². The van der Waals surface area contributed by atoms with Crippen LogP contribution in [0, 0.1) is 0 Å². The first-order chi connectivity index (χ1) is 8.83. The molecule has 1 aliphatic carbocycles. The molecule has 1 saturated carbocycles. The highest BCUT2D eigenvalue weighted by Gasteiger charge is 2.28. The van der Waals surface area contributed by atoms with Crippen LogP contribution < -0.4 is 5.73 Å². The molecule has 6 heteroatoms. The molecule has 0 unspecified atom stereocenters. The predicted molar refractivity (Wildman–Crippen MR) is 65.8 cm³/mol. The van der Waals surface area contributed by atoms with Crippen molar-refractivity contribution in [3.05, 3.63) is 24.4 Å². The van der Waals surface area contributed by atoms with Crippen molar-refractivity contribution in [2.24, 2.45) is 0 Å². The lowest BCUT2D eigenvalue weighted by molar-refractivity contribution is 0.386. The first kappa shape index (κ1) is 9.64. The van der Waals surface area contributed by atoms with Gasteiger partial charge in [-0.05, 0) is 12.8 Å². The molecule has 0 radical (unpaired) electrons.